The first-order chi connectivity index (χ1) is 18.4. The number of hydrogen-bond acceptors (Lipinski definition) is 6. The maximum absolute atomic E-state index is 6.98. The van der Waals surface area contributed by atoms with Gasteiger partial charge in [0.1, 0.15) is 11.4 Å². The highest BCUT2D eigenvalue weighted by Crippen LogP contribution is 2.38. The van der Waals surface area contributed by atoms with Crippen LogP contribution in [0.5, 0.6) is 11.8 Å². The van der Waals surface area contributed by atoms with E-state index in [1.165, 1.54) is 22.8 Å². The SMILES string of the molecule is CC(C)(C)[Si](OCc1cc(-c2ccccc2Oc2ncc(Cl)cn2)no1)(c1ccccc1)c1ccccc1. The van der Waals surface area contributed by atoms with Crippen molar-refractivity contribution in [1.29, 1.82) is 0 Å². The normalized spacial score (nSPS) is 11.9. The first kappa shape index (κ1) is 25.8. The number of benzene rings is 3. The van der Waals surface area contributed by atoms with Crippen molar-refractivity contribution in [2.24, 2.45) is 0 Å². The summed E-state index contributed by atoms with van der Waals surface area (Å²) in [6, 6.07) is 30.7. The summed E-state index contributed by atoms with van der Waals surface area (Å²) in [6.45, 7) is 7.02. The van der Waals surface area contributed by atoms with Gasteiger partial charge in [-0.3, -0.25) is 0 Å². The highest BCUT2D eigenvalue weighted by atomic mass is 35.5. The van der Waals surface area contributed by atoms with Gasteiger partial charge in [0.15, 0.2) is 5.76 Å². The predicted octanol–water partition coefficient (Wildman–Crippen LogP) is 6.65. The van der Waals surface area contributed by atoms with Crippen molar-refractivity contribution in [1.82, 2.24) is 15.1 Å². The molecule has 0 unspecified atom stereocenters. The lowest BCUT2D eigenvalue weighted by Crippen LogP contribution is -2.66. The van der Waals surface area contributed by atoms with Crippen LogP contribution in [0.3, 0.4) is 0 Å². The first-order valence-corrected chi connectivity index (χ1v) is 14.6. The van der Waals surface area contributed by atoms with Gasteiger partial charge in [-0.05, 0) is 27.5 Å². The summed E-state index contributed by atoms with van der Waals surface area (Å²) in [5.41, 5.74) is 1.39. The summed E-state index contributed by atoms with van der Waals surface area (Å²) < 4.78 is 18.7. The molecule has 0 amide bonds. The molecule has 0 radical (unpaired) electrons. The van der Waals surface area contributed by atoms with Gasteiger partial charge in [-0.25, -0.2) is 9.97 Å². The fraction of sp³-hybridized carbons (Fsp3) is 0.167. The van der Waals surface area contributed by atoms with Gasteiger partial charge in [0.05, 0.1) is 24.0 Å². The third-order valence-corrected chi connectivity index (χ3v) is 11.5. The summed E-state index contributed by atoms with van der Waals surface area (Å²) in [7, 11) is -2.71. The largest absolute Gasteiger partial charge is 0.424 e. The van der Waals surface area contributed by atoms with Crippen LogP contribution in [-0.2, 0) is 11.0 Å². The molecule has 5 rings (SSSR count). The van der Waals surface area contributed by atoms with Crippen LogP contribution in [0, 0.1) is 0 Å². The average molecular weight is 542 g/mol. The van der Waals surface area contributed by atoms with Crippen molar-refractivity contribution in [3.05, 3.63) is 114 Å². The minimum atomic E-state index is -2.71. The zero-order valence-corrected chi connectivity index (χ0v) is 23.2. The zero-order valence-electron chi connectivity index (χ0n) is 21.5. The molecule has 8 heteroatoms. The standard InChI is InChI=1S/C30H28ClN3O3Si/c1-30(2,3)38(24-12-6-4-7-13-24,25-14-8-5-9-15-25)35-21-23-18-27(34-37-23)26-16-10-11-17-28(26)36-29-32-19-22(31)20-33-29/h4-20H,21H2,1-3H3. The lowest BCUT2D eigenvalue weighted by atomic mass is 10.1. The second kappa shape index (κ2) is 10.9. The van der Waals surface area contributed by atoms with Gasteiger partial charge in [0, 0.05) is 11.6 Å². The highest BCUT2D eigenvalue weighted by Gasteiger charge is 2.50. The molecule has 2 heterocycles. The molecule has 0 N–H and O–H groups in total. The summed E-state index contributed by atoms with van der Waals surface area (Å²) in [6.07, 6.45) is 2.98. The van der Waals surface area contributed by atoms with Gasteiger partial charge in [-0.1, -0.05) is 110 Å². The predicted molar refractivity (Wildman–Crippen MR) is 151 cm³/mol. The van der Waals surface area contributed by atoms with E-state index in [0.29, 0.717) is 22.2 Å². The molecule has 0 aliphatic carbocycles. The molecule has 0 saturated carbocycles. The number of hydrogen-bond donors (Lipinski definition) is 0. The fourth-order valence-electron chi connectivity index (χ4n) is 4.67. The Balaban J connectivity index is 1.45. The van der Waals surface area contributed by atoms with Crippen LogP contribution in [0.15, 0.2) is 108 Å². The maximum Gasteiger partial charge on any atom is 0.321 e. The van der Waals surface area contributed by atoms with E-state index in [1.54, 1.807) is 0 Å². The van der Waals surface area contributed by atoms with Crippen LogP contribution >= 0.6 is 11.6 Å². The molecule has 38 heavy (non-hydrogen) atoms. The van der Waals surface area contributed by atoms with E-state index in [1.807, 2.05) is 42.5 Å². The van der Waals surface area contributed by atoms with Crippen molar-refractivity contribution in [2.45, 2.75) is 32.4 Å². The molecule has 0 aliphatic rings. The summed E-state index contributed by atoms with van der Waals surface area (Å²) in [5.74, 6) is 1.19. The van der Waals surface area contributed by atoms with Crippen molar-refractivity contribution >= 4 is 30.3 Å². The van der Waals surface area contributed by atoms with Gasteiger partial charge < -0.3 is 13.7 Å². The molecule has 0 atom stereocenters. The smallest absolute Gasteiger partial charge is 0.321 e. The van der Waals surface area contributed by atoms with E-state index in [4.69, 9.17) is 25.3 Å². The molecule has 0 fully saturated rings. The maximum atomic E-state index is 6.98. The number of rotatable bonds is 8. The molecule has 2 aromatic heterocycles. The van der Waals surface area contributed by atoms with E-state index < -0.39 is 8.32 Å². The van der Waals surface area contributed by atoms with Crippen LogP contribution < -0.4 is 15.1 Å². The minimum absolute atomic E-state index is 0.141. The number of aromatic nitrogens is 3. The fourth-order valence-corrected chi connectivity index (χ4v) is 9.28. The van der Waals surface area contributed by atoms with Crippen LogP contribution in [0.2, 0.25) is 10.1 Å². The molecule has 5 aromatic rings. The third-order valence-electron chi connectivity index (χ3n) is 6.37. The van der Waals surface area contributed by atoms with Crippen LogP contribution in [-0.4, -0.2) is 23.4 Å². The van der Waals surface area contributed by atoms with Gasteiger partial charge in [-0.2, -0.15) is 0 Å². The Kier molecular flexibility index (Phi) is 7.42. The Labute approximate surface area is 228 Å². The number of halogens is 1. The second-order valence-corrected chi connectivity index (χ2v) is 14.7. The quantitative estimate of drug-likeness (QED) is 0.205. The Morgan fingerprint density at radius 2 is 1.39 bits per heavy atom. The van der Waals surface area contributed by atoms with Gasteiger partial charge in [0.25, 0.3) is 8.32 Å². The van der Waals surface area contributed by atoms with Gasteiger partial charge in [-0.15, -0.1) is 0 Å². The Hall–Kier alpha value is -3.78. The van der Waals surface area contributed by atoms with Crippen molar-refractivity contribution in [3.63, 3.8) is 0 Å². The van der Waals surface area contributed by atoms with Crippen molar-refractivity contribution < 1.29 is 13.7 Å². The van der Waals surface area contributed by atoms with Crippen molar-refractivity contribution in [3.8, 4) is 23.0 Å². The molecule has 6 nitrogen and oxygen atoms in total. The van der Waals surface area contributed by atoms with Gasteiger partial charge in [0.2, 0.25) is 0 Å². The number of nitrogens with zero attached hydrogens (tertiary/aromatic N) is 3. The average Bonchev–Trinajstić information content (AvgIpc) is 3.40. The third kappa shape index (κ3) is 5.27. The van der Waals surface area contributed by atoms with Crippen LogP contribution in [0.4, 0.5) is 0 Å². The number of ether oxygens (including phenoxy) is 1. The molecule has 3 aromatic carbocycles. The molecule has 0 aliphatic heterocycles. The summed E-state index contributed by atoms with van der Waals surface area (Å²) in [5, 5.41) is 7.04. The summed E-state index contributed by atoms with van der Waals surface area (Å²) in [4.78, 5) is 8.25. The van der Waals surface area contributed by atoms with E-state index in [0.717, 1.165) is 5.56 Å². The first-order valence-electron chi connectivity index (χ1n) is 12.3. The minimum Gasteiger partial charge on any atom is -0.424 e. The Morgan fingerprint density at radius 1 is 0.816 bits per heavy atom. The number of para-hydroxylation sites is 1. The van der Waals surface area contributed by atoms with Crippen LogP contribution in [0.25, 0.3) is 11.3 Å². The monoisotopic (exact) mass is 541 g/mol. The van der Waals surface area contributed by atoms with Crippen molar-refractivity contribution in [2.75, 3.05) is 0 Å². The second-order valence-electron chi connectivity index (χ2n) is 9.91. The molecular formula is C30H28ClN3O3Si. The molecular weight excluding hydrogens is 514 g/mol. The molecule has 192 valence electrons. The van der Waals surface area contributed by atoms with E-state index in [-0.39, 0.29) is 17.7 Å². The highest BCUT2D eigenvalue weighted by molar-refractivity contribution is 6.99. The van der Waals surface area contributed by atoms with Crippen LogP contribution in [0.1, 0.15) is 26.5 Å². The molecule has 0 saturated heterocycles. The molecule has 0 spiro atoms. The Bertz CT molecular complexity index is 1450. The lowest BCUT2D eigenvalue weighted by Gasteiger charge is -2.42. The zero-order chi connectivity index (χ0) is 26.6. The van der Waals surface area contributed by atoms with E-state index in [9.17, 15) is 0 Å². The Morgan fingerprint density at radius 3 is 2.00 bits per heavy atom. The van der Waals surface area contributed by atoms with E-state index in [2.05, 4.69) is 84.4 Å². The summed E-state index contributed by atoms with van der Waals surface area (Å²) >= 11 is 5.90. The lowest BCUT2D eigenvalue weighted by molar-refractivity contribution is 0.236. The topological polar surface area (TPSA) is 70.3 Å². The molecule has 0 bridgehead atoms. The van der Waals surface area contributed by atoms with E-state index >= 15 is 0 Å². The van der Waals surface area contributed by atoms with Gasteiger partial charge >= 0.3 is 6.01 Å².